The second-order valence-electron chi connectivity index (χ2n) is 4.98. The molecule has 0 aliphatic carbocycles. The SMILES string of the molecule is COc1ccc(CCNc2ncc(-c3c[nH]c(=O)[nH]3)cn2)cc1. The number of ether oxygens (including phenoxy) is 1. The smallest absolute Gasteiger partial charge is 0.323 e. The van der Waals surface area contributed by atoms with Gasteiger partial charge in [0.15, 0.2) is 0 Å². The predicted molar refractivity (Wildman–Crippen MR) is 87.6 cm³/mol. The van der Waals surface area contributed by atoms with Gasteiger partial charge in [0.05, 0.1) is 12.8 Å². The third-order valence-electron chi connectivity index (χ3n) is 3.41. The number of anilines is 1. The average Bonchev–Trinajstić information content (AvgIpc) is 3.03. The fraction of sp³-hybridized carbons (Fsp3) is 0.188. The Bertz CT molecular complexity index is 805. The van der Waals surface area contributed by atoms with Crippen molar-refractivity contribution in [2.24, 2.45) is 0 Å². The Hall–Kier alpha value is -3.09. The van der Waals surface area contributed by atoms with E-state index in [0.717, 1.165) is 24.3 Å². The number of aromatic nitrogens is 4. The first-order chi connectivity index (χ1) is 11.2. The molecule has 0 saturated carbocycles. The summed E-state index contributed by atoms with van der Waals surface area (Å²) in [5.74, 6) is 1.41. The van der Waals surface area contributed by atoms with Crippen LogP contribution in [0.15, 0.2) is 47.7 Å². The second kappa shape index (κ2) is 6.78. The molecule has 3 aromatic rings. The highest BCUT2D eigenvalue weighted by molar-refractivity contribution is 5.56. The van der Waals surface area contributed by atoms with Gasteiger partial charge >= 0.3 is 5.69 Å². The van der Waals surface area contributed by atoms with Crippen LogP contribution in [0.1, 0.15) is 5.56 Å². The molecule has 7 nitrogen and oxygen atoms in total. The molecule has 0 spiro atoms. The van der Waals surface area contributed by atoms with Crippen molar-refractivity contribution in [3.05, 3.63) is 58.9 Å². The van der Waals surface area contributed by atoms with Crippen molar-refractivity contribution in [3.63, 3.8) is 0 Å². The minimum atomic E-state index is -0.248. The Balaban J connectivity index is 1.55. The normalized spacial score (nSPS) is 10.5. The standard InChI is InChI=1S/C16H17N5O2/c1-23-13-4-2-11(3-5-13)6-7-17-15-18-8-12(9-19-15)14-10-20-16(22)21-14/h2-5,8-10H,6-7H2,1H3,(H,17,18,19)(H2,20,21,22). The van der Waals surface area contributed by atoms with E-state index < -0.39 is 0 Å². The summed E-state index contributed by atoms with van der Waals surface area (Å²) in [4.78, 5) is 24.8. The van der Waals surface area contributed by atoms with Gasteiger partial charge in [-0.1, -0.05) is 12.1 Å². The Labute approximate surface area is 132 Å². The third kappa shape index (κ3) is 3.76. The first kappa shape index (κ1) is 14.8. The Kier molecular flexibility index (Phi) is 4.37. The first-order valence-electron chi connectivity index (χ1n) is 7.21. The van der Waals surface area contributed by atoms with Crippen molar-refractivity contribution < 1.29 is 4.74 Å². The summed E-state index contributed by atoms with van der Waals surface area (Å²) in [5, 5.41) is 3.17. The molecule has 0 aliphatic rings. The van der Waals surface area contributed by atoms with Crippen LogP contribution in [0.3, 0.4) is 0 Å². The molecule has 0 radical (unpaired) electrons. The molecular formula is C16H17N5O2. The third-order valence-corrected chi connectivity index (χ3v) is 3.41. The van der Waals surface area contributed by atoms with Crippen molar-refractivity contribution in [1.82, 2.24) is 19.9 Å². The molecule has 0 aliphatic heterocycles. The zero-order chi connectivity index (χ0) is 16.1. The molecule has 2 aromatic heterocycles. The van der Waals surface area contributed by atoms with Crippen molar-refractivity contribution in [2.75, 3.05) is 19.0 Å². The Morgan fingerprint density at radius 2 is 1.91 bits per heavy atom. The van der Waals surface area contributed by atoms with Crippen LogP contribution >= 0.6 is 0 Å². The van der Waals surface area contributed by atoms with E-state index in [1.165, 1.54) is 5.56 Å². The van der Waals surface area contributed by atoms with Crippen molar-refractivity contribution in [2.45, 2.75) is 6.42 Å². The number of aromatic amines is 2. The first-order valence-corrected chi connectivity index (χ1v) is 7.21. The van der Waals surface area contributed by atoms with Crippen LogP contribution in [0.25, 0.3) is 11.3 Å². The fourth-order valence-corrected chi connectivity index (χ4v) is 2.16. The van der Waals surface area contributed by atoms with E-state index in [9.17, 15) is 4.79 Å². The van der Waals surface area contributed by atoms with E-state index in [1.807, 2.05) is 24.3 Å². The minimum absolute atomic E-state index is 0.248. The number of benzene rings is 1. The van der Waals surface area contributed by atoms with Crippen molar-refractivity contribution >= 4 is 5.95 Å². The summed E-state index contributed by atoms with van der Waals surface area (Å²) in [7, 11) is 1.65. The van der Waals surface area contributed by atoms with Crippen molar-refractivity contribution in [1.29, 1.82) is 0 Å². The van der Waals surface area contributed by atoms with Gasteiger partial charge < -0.3 is 20.0 Å². The zero-order valence-corrected chi connectivity index (χ0v) is 12.7. The number of hydrogen-bond donors (Lipinski definition) is 3. The number of rotatable bonds is 6. The van der Waals surface area contributed by atoms with Gasteiger partial charge in [-0.3, -0.25) is 0 Å². The highest BCUT2D eigenvalue weighted by Crippen LogP contribution is 2.14. The molecule has 2 heterocycles. The molecule has 0 bridgehead atoms. The van der Waals surface area contributed by atoms with Crippen LogP contribution < -0.4 is 15.7 Å². The number of nitrogens with one attached hydrogen (secondary N) is 3. The molecule has 0 unspecified atom stereocenters. The van der Waals surface area contributed by atoms with E-state index in [2.05, 4.69) is 25.3 Å². The highest BCUT2D eigenvalue weighted by Gasteiger charge is 2.02. The number of imidazole rings is 1. The summed E-state index contributed by atoms with van der Waals surface area (Å²) in [5.41, 5.74) is 2.38. The molecule has 0 fully saturated rings. The van der Waals surface area contributed by atoms with Gasteiger partial charge in [0.1, 0.15) is 5.75 Å². The maximum absolute atomic E-state index is 11.1. The van der Waals surface area contributed by atoms with E-state index in [-0.39, 0.29) is 5.69 Å². The van der Waals surface area contributed by atoms with Crippen LogP contribution in [0.4, 0.5) is 5.95 Å². The summed E-state index contributed by atoms with van der Waals surface area (Å²) < 4.78 is 5.13. The predicted octanol–water partition coefficient (Wildman–Crippen LogP) is 1.82. The summed E-state index contributed by atoms with van der Waals surface area (Å²) in [6.07, 6.45) is 5.79. The molecular weight excluding hydrogens is 294 g/mol. The van der Waals surface area contributed by atoms with Crippen LogP contribution in [0.2, 0.25) is 0 Å². The summed E-state index contributed by atoms with van der Waals surface area (Å²) in [6.45, 7) is 0.729. The minimum Gasteiger partial charge on any atom is -0.497 e. The van der Waals surface area contributed by atoms with Gasteiger partial charge in [0.2, 0.25) is 5.95 Å². The maximum atomic E-state index is 11.1. The van der Waals surface area contributed by atoms with Crippen molar-refractivity contribution in [3.8, 4) is 17.0 Å². The zero-order valence-electron chi connectivity index (χ0n) is 12.7. The van der Waals surface area contributed by atoms with E-state index in [4.69, 9.17) is 4.74 Å². The van der Waals surface area contributed by atoms with E-state index in [1.54, 1.807) is 25.7 Å². The lowest BCUT2D eigenvalue weighted by Gasteiger charge is -2.06. The van der Waals surface area contributed by atoms with E-state index in [0.29, 0.717) is 11.6 Å². The molecule has 0 atom stereocenters. The second-order valence-corrected chi connectivity index (χ2v) is 4.98. The molecule has 1 aromatic carbocycles. The lowest BCUT2D eigenvalue weighted by Crippen LogP contribution is -2.07. The Morgan fingerprint density at radius 1 is 1.17 bits per heavy atom. The van der Waals surface area contributed by atoms with Gasteiger partial charge in [-0.05, 0) is 24.1 Å². The van der Waals surface area contributed by atoms with Crippen LogP contribution in [0, 0.1) is 0 Å². The largest absolute Gasteiger partial charge is 0.497 e. The number of hydrogen-bond acceptors (Lipinski definition) is 5. The van der Waals surface area contributed by atoms with Gasteiger partial charge in [0.25, 0.3) is 0 Å². The molecule has 0 saturated heterocycles. The molecule has 3 N–H and O–H groups in total. The van der Waals surface area contributed by atoms with Gasteiger partial charge in [-0.25, -0.2) is 14.8 Å². The summed E-state index contributed by atoms with van der Waals surface area (Å²) in [6, 6.07) is 7.95. The topological polar surface area (TPSA) is 95.7 Å². The summed E-state index contributed by atoms with van der Waals surface area (Å²) >= 11 is 0. The lowest BCUT2D eigenvalue weighted by atomic mass is 10.1. The number of nitrogens with zero attached hydrogens (tertiary/aromatic N) is 2. The molecule has 23 heavy (non-hydrogen) atoms. The number of H-pyrrole nitrogens is 2. The van der Waals surface area contributed by atoms with Crippen LogP contribution in [-0.2, 0) is 6.42 Å². The average molecular weight is 311 g/mol. The molecule has 3 rings (SSSR count). The van der Waals surface area contributed by atoms with Gasteiger partial charge in [-0.15, -0.1) is 0 Å². The molecule has 118 valence electrons. The monoisotopic (exact) mass is 311 g/mol. The van der Waals surface area contributed by atoms with Gasteiger partial charge in [0, 0.05) is 30.7 Å². The van der Waals surface area contributed by atoms with E-state index >= 15 is 0 Å². The van der Waals surface area contributed by atoms with Gasteiger partial charge in [-0.2, -0.15) is 0 Å². The quantitative estimate of drug-likeness (QED) is 0.645. The Morgan fingerprint density at radius 3 is 2.52 bits per heavy atom. The van der Waals surface area contributed by atoms with Crippen LogP contribution in [-0.4, -0.2) is 33.6 Å². The lowest BCUT2D eigenvalue weighted by molar-refractivity contribution is 0.414. The highest BCUT2D eigenvalue weighted by atomic mass is 16.5. The maximum Gasteiger partial charge on any atom is 0.323 e. The molecule has 0 amide bonds. The number of methoxy groups -OCH3 is 1. The molecule has 7 heteroatoms. The fourth-order valence-electron chi connectivity index (χ4n) is 2.16. The van der Waals surface area contributed by atoms with Crippen LogP contribution in [0.5, 0.6) is 5.75 Å².